The minimum absolute atomic E-state index is 0.376. The summed E-state index contributed by atoms with van der Waals surface area (Å²) in [5.41, 5.74) is 4.12. The van der Waals surface area contributed by atoms with Gasteiger partial charge in [0.2, 0.25) is 0 Å². The standard InChI is InChI=1S/C20H24N2/c1-14(2)5-6-16(4)18-8-7-17(13-21)12-19(18)20-11-15(3)9-10-22-20/h5-7,9-12,14,16,18H,8H2,1-4H3. The van der Waals surface area contributed by atoms with Gasteiger partial charge in [0.25, 0.3) is 0 Å². The monoisotopic (exact) mass is 292 g/mol. The quantitative estimate of drug-likeness (QED) is 0.725. The molecule has 0 saturated heterocycles. The Labute approximate surface area is 133 Å². The first kappa shape index (κ1) is 16.2. The van der Waals surface area contributed by atoms with Crippen molar-refractivity contribution < 1.29 is 0 Å². The third-order valence-corrected chi connectivity index (χ3v) is 4.08. The van der Waals surface area contributed by atoms with E-state index < -0.39 is 0 Å². The zero-order valence-electron chi connectivity index (χ0n) is 13.9. The van der Waals surface area contributed by atoms with Crippen LogP contribution in [0.15, 0.2) is 48.2 Å². The van der Waals surface area contributed by atoms with Gasteiger partial charge in [0.15, 0.2) is 0 Å². The number of nitrogens with zero attached hydrogens (tertiary/aromatic N) is 2. The molecule has 0 fully saturated rings. The van der Waals surface area contributed by atoms with E-state index >= 15 is 0 Å². The highest BCUT2D eigenvalue weighted by Gasteiger charge is 2.24. The number of aromatic nitrogens is 1. The van der Waals surface area contributed by atoms with Crippen LogP contribution in [0.4, 0.5) is 0 Å². The molecule has 22 heavy (non-hydrogen) atoms. The van der Waals surface area contributed by atoms with E-state index in [0.29, 0.717) is 17.8 Å². The number of hydrogen-bond acceptors (Lipinski definition) is 2. The van der Waals surface area contributed by atoms with Gasteiger partial charge < -0.3 is 0 Å². The summed E-state index contributed by atoms with van der Waals surface area (Å²) >= 11 is 0. The van der Waals surface area contributed by atoms with Gasteiger partial charge in [0, 0.05) is 11.8 Å². The Morgan fingerprint density at radius 3 is 2.73 bits per heavy atom. The molecule has 0 amide bonds. The minimum Gasteiger partial charge on any atom is -0.257 e. The molecule has 1 aromatic rings. The normalized spacial score (nSPS) is 19.7. The van der Waals surface area contributed by atoms with E-state index in [2.05, 4.69) is 57.0 Å². The molecule has 2 atom stereocenters. The van der Waals surface area contributed by atoms with Crippen LogP contribution in [0, 0.1) is 36.0 Å². The van der Waals surface area contributed by atoms with Gasteiger partial charge >= 0.3 is 0 Å². The molecule has 2 rings (SSSR count). The first-order valence-corrected chi connectivity index (χ1v) is 7.94. The summed E-state index contributed by atoms with van der Waals surface area (Å²) in [6.45, 7) is 8.71. The van der Waals surface area contributed by atoms with E-state index in [1.54, 1.807) is 0 Å². The summed E-state index contributed by atoms with van der Waals surface area (Å²) in [4.78, 5) is 4.53. The third-order valence-electron chi connectivity index (χ3n) is 4.08. The molecule has 0 radical (unpaired) electrons. The lowest BCUT2D eigenvalue weighted by molar-refractivity contribution is 0.524. The fraction of sp³-hybridized carbons (Fsp3) is 0.400. The van der Waals surface area contributed by atoms with Crippen LogP contribution in [0.1, 0.15) is 38.4 Å². The molecule has 114 valence electrons. The summed E-state index contributed by atoms with van der Waals surface area (Å²) in [6, 6.07) is 6.38. The van der Waals surface area contributed by atoms with Crippen LogP contribution in [0.5, 0.6) is 0 Å². The van der Waals surface area contributed by atoms with Gasteiger partial charge in [-0.05, 0) is 60.4 Å². The van der Waals surface area contributed by atoms with Crippen LogP contribution >= 0.6 is 0 Å². The Kier molecular flexibility index (Phi) is 5.33. The summed E-state index contributed by atoms with van der Waals surface area (Å²) in [5.74, 6) is 1.36. The van der Waals surface area contributed by atoms with Gasteiger partial charge in [-0.25, -0.2) is 0 Å². The molecular weight excluding hydrogens is 268 g/mol. The van der Waals surface area contributed by atoms with Crippen LogP contribution < -0.4 is 0 Å². The van der Waals surface area contributed by atoms with Crippen molar-refractivity contribution in [3.05, 3.63) is 59.5 Å². The molecule has 0 aromatic carbocycles. The number of nitriles is 1. The number of aryl methyl sites for hydroxylation is 1. The number of allylic oxidation sites excluding steroid dienone is 6. The van der Waals surface area contributed by atoms with Crippen molar-refractivity contribution >= 4 is 5.57 Å². The molecule has 0 saturated carbocycles. The zero-order valence-corrected chi connectivity index (χ0v) is 13.9. The van der Waals surface area contributed by atoms with Crippen molar-refractivity contribution in [2.24, 2.45) is 17.8 Å². The third kappa shape index (κ3) is 3.95. The summed E-state index contributed by atoms with van der Waals surface area (Å²) in [6.07, 6.45) is 11.4. The predicted molar refractivity (Wildman–Crippen MR) is 91.9 cm³/mol. The molecule has 1 heterocycles. The van der Waals surface area contributed by atoms with Gasteiger partial charge in [0.05, 0.1) is 11.8 Å². The van der Waals surface area contributed by atoms with Crippen LogP contribution in [0.3, 0.4) is 0 Å². The van der Waals surface area contributed by atoms with Gasteiger partial charge in [-0.2, -0.15) is 5.26 Å². The van der Waals surface area contributed by atoms with Gasteiger partial charge in [0.1, 0.15) is 0 Å². The zero-order chi connectivity index (χ0) is 16.1. The summed E-state index contributed by atoms with van der Waals surface area (Å²) in [7, 11) is 0. The molecule has 0 aliphatic heterocycles. The average molecular weight is 292 g/mol. The van der Waals surface area contributed by atoms with E-state index in [0.717, 1.165) is 17.7 Å². The van der Waals surface area contributed by atoms with Crippen molar-refractivity contribution in [2.45, 2.75) is 34.1 Å². The lowest BCUT2D eigenvalue weighted by Crippen LogP contribution is -2.15. The highest BCUT2D eigenvalue weighted by atomic mass is 14.7. The van der Waals surface area contributed by atoms with Crippen molar-refractivity contribution in [2.75, 3.05) is 0 Å². The number of pyridine rings is 1. The van der Waals surface area contributed by atoms with E-state index in [9.17, 15) is 5.26 Å². The van der Waals surface area contributed by atoms with Crippen molar-refractivity contribution in [3.63, 3.8) is 0 Å². The Bertz CT molecular complexity index is 657. The number of rotatable bonds is 4. The van der Waals surface area contributed by atoms with E-state index in [-0.39, 0.29) is 0 Å². The Morgan fingerprint density at radius 2 is 2.09 bits per heavy atom. The van der Waals surface area contributed by atoms with Crippen LogP contribution in [0.2, 0.25) is 0 Å². The molecule has 2 nitrogen and oxygen atoms in total. The Hall–Kier alpha value is -2.14. The van der Waals surface area contributed by atoms with Crippen LogP contribution in [-0.2, 0) is 0 Å². The maximum absolute atomic E-state index is 9.21. The van der Waals surface area contributed by atoms with Crippen LogP contribution in [-0.4, -0.2) is 4.98 Å². The largest absolute Gasteiger partial charge is 0.257 e. The molecule has 0 bridgehead atoms. The average Bonchev–Trinajstić information content (AvgIpc) is 2.52. The van der Waals surface area contributed by atoms with Gasteiger partial charge in [-0.3, -0.25) is 4.98 Å². The summed E-state index contributed by atoms with van der Waals surface area (Å²) in [5, 5.41) is 9.21. The molecule has 1 aliphatic rings. The smallest absolute Gasteiger partial charge is 0.0988 e. The molecule has 1 aliphatic carbocycles. The molecule has 2 unspecified atom stereocenters. The molecule has 0 spiro atoms. The van der Waals surface area contributed by atoms with E-state index in [4.69, 9.17) is 0 Å². The van der Waals surface area contributed by atoms with E-state index in [1.807, 2.05) is 24.4 Å². The highest BCUT2D eigenvalue weighted by Crippen LogP contribution is 2.36. The minimum atomic E-state index is 0.376. The predicted octanol–water partition coefficient (Wildman–Crippen LogP) is 5.09. The number of hydrogen-bond donors (Lipinski definition) is 0. The molecular formula is C20H24N2. The van der Waals surface area contributed by atoms with Crippen molar-refractivity contribution in [1.29, 1.82) is 5.26 Å². The molecule has 2 heteroatoms. The lowest BCUT2D eigenvalue weighted by atomic mass is 9.78. The lowest BCUT2D eigenvalue weighted by Gasteiger charge is -2.26. The van der Waals surface area contributed by atoms with Crippen LogP contribution in [0.25, 0.3) is 5.57 Å². The Morgan fingerprint density at radius 1 is 1.32 bits per heavy atom. The first-order chi connectivity index (χ1) is 10.5. The second kappa shape index (κ2) is 7.22. The fourth-order valence-electron chi connectivity index (χ4n) is 2.78. The second-order valence-corrected chi connectivity index (χ2v) is 6.42. The SMILES string of the molecule is Cc1ccnc(C2=CC(C#N)=CCC2C(C)C=CC(C)C)c1. The second-order valence-electron chi connectivity index (χ2n) is 6.42. The molecule has 1 aromatic heterocycles. The van der Waals surface area contributed by atoms with E-state index in [1.165, 1.54) is 11.1 Å². The summed E-state index contributed by atoms with van der Waals surface area (Å²) < 4.78 is 0. The highest BCUT2D eigenvalue weighted by molar-refractivity contribution is 5.71. The first-order valence-electron chi connectivity index (χ1n) is 7.94. The fourth-order valence-corrected chi connectivity index (χ4v) is 2.78. The maximum Gasteiger partial charge on any atom is 0.0988 e. The Balaban J connectivity index is 2.36. The van der Waals surface area contributed by atoms with Gasteiger partial charge in [-0.1, -0.05) is 39.0 Å². The van der Waals surface area contributed by atoms with Crippen molar-refractivity contribution in [3.8, 4) is 6.07 Å². The maximum atomic E-state index is 9.21. The van der Waals surface area contributed by atoms with Crippen molar-refractivity contribution in [1.82, 2.24) is 4.98 Å². The van der Waals surface area contributed by atoms with Gasteiger partial charge in [-0.15, -0.1) is 0 Å². The molecule has 0 N–H and O–H groups in total. The topological polar surface area (TPSA) is 36.7 Å².